The molecule has 5 nitrogen and oxygen atoms in total. The summed E-state index contributed by atoms with van der Waals surface area (Å²) < 4.78 is 25.5. The first kappa shape index (κ1) is 12.9. The smallest absolute Gasteiger partial charge is 0.324 e. The van der Waals surface area contributed by atoms with Crippen LogP contribution in [0.5, 0.6) is 5.88 Å². The number of hydrogen-bond donors (Lipinski definition) is 1. The van der Waals surface area contributed by atoms with Gasteiger partial charge in [-0.15, -0.1) is 0 Å². The molecule has 0 saturated carbocycles. The quantitative estimate of drug-likeness (QED) is 0.785. The molecule has 0 aliphatic rings. The van der Waals surface area contributed by atoms with E-state index in [0.717, 1.165) is 10.8 Å². The Labute approximate surface area is 118 Å². The lowest BCUT2D eigenvalue weighted by Gasteiger charge is -2.08. The van der Waals surface area contributed by atoms with Crippen molar-refractivity contribution in [2.24, 2.45) is 0 Å². The molecule has 3 aromatic rings. The number of benzene rings is 2. The molecule has 0 fully saturated rings. The van der Waals surface area contributed by atoms with Crippen molar-refractivity contribution in [2.75, 3.05) is 0 Å². The van der Waals surface area contributed by atoms with Gasteiger partial charge < -0.3 is 5.11 Å². The Balaban J connectivity index is 2.39. The number of thiazole rings is 1. The van der Waals surface area contributed by atoms with Gasteiger partial charge in [-0.2, -0.15) is 3.97 Å². The highest BCUT2D eigenvalue weighted by atomic mass is 32.2. The normalized spacial score (nSPS) is 11.8. The molecule has 2 aromatic carbocycles. The molecule has 1 aromatic heterocycles. The van der Waals surface area contributed by atoms with Crippen LogP contribution in [0.3, 0.4) is 0 Å². The number of aromatic hydroxyl groups is 1. The maximum Gasteiger partial charge on any atom is 0.324 e. The third-order valence-corrected chi connectivity index (χ3v) is 5.48. The van der Waals surface area contributed by atoms with Crippen molar-refractivity contribution in [3.63, 3.8) is 0 Å². The summed E-state index contributed by atoms with van der Waals surface area (Å²) >= 11 is 0.636. The average Bonchev–Trinajstić information content (AvgIpc) is 2.78. The molecular formula is C13H9NO4S2. The topological polar surface area (TPSA) is 76.4 Å². The Kier molecular flexibility index (Phi) is 2.88. The zero-order chi connectivity index (χ0) is 14.3. The van der Waals surface area contributed by atoms with E-state index < -0.39 is 20.8 Å². The number of hydrogen-bond acceptors (Lipinski definition) is 5. The van der Waals surface area contributed by atoms with Crippen molar-refractivity contribution in [2.45, 2.75) is 4.90 Å². The minimum Gasteiger partial charge on any atom is -0.493 e. The molecule has 0 amide bonds. The van der Waals surface area contributed by atoms with E-state index in [1.54, 1.807) is 36.4 Å². The fourth-order valence-electron chi connectivity index (χ4n) is 2.03. The molecule has 7 heteroatoms. The van der Waals surface area contributed by atoms with Gasteiger partial charge in [-0.3, -0.25) is 4.79 Å². The molecule has 20 heavy (non-hydrogen) atoms. The first-order chi connectivity index (χ1) is 9.51. The van der Waals surface area contributed by atoms with Crippen LogP contribution in [-0.2, 0) is 10.0 Å². The van der Waals surface area contributed by atoms with Crippen molar-refractivity contribution in [1.82, 2.24) is 3.97 Å². The van der Waals surface area contributed by atoms with Crippen molar-refractivity contribution in [3.8, 4) is 5.88 Å². The molecular weight excluding hydrogens is 298 g/mol. The molecule has 0 saturated heterocycles. The summed E-state index contributed by atoms with van der Waals surface area (Å²) in [5.74, 6) is -0.576. The van der Waals surface area contributed by atoms with Gasteiger partial charge in [0.15, 0.2) is 0 Å². The first-order valence-corrected chi connectivity index (χ1v) is 7.96. The van der Waals surface area contributed by atoms with Gasteiger partial charge in [0.2, 0.25) is 5.88 Å². The van der Waals surface area contributed by atoms with E-state index in [0.29, 0.717) is 20.7 Å². The lowest BCUT2D eigenvalue weighted by molar-refractivity contribution is 0.444. The minimum atomic E-state index is -4.12. The highest BCUT2D eigenvalue weighted by Gasteiger charge is 2.24. The molecule has 1 N–H and O–H groups in total. The Morgan fingerprint density at radius 2 is 1.75 bits per heavy atom. The molecule has 0 aliphatic heterocycles. The van der Waals surface area contributed by atoms with E-state index in [4.69, 9.17) is 0 Å². The van der Waals surface area contributed by atoms with Crippen LogP contribution in [0, 0.1) is 0 Å². The Morgan fingerprint density at radius 1 is 1.05 bits per heavy atom. The fourth-order valence-corrected chi connectivity index (χ4v) is 4.43. The maximum absolute atomic E-state index is 12.6. The third kappa shape index (κ3) is 1.83. The van der Waals surface area contributed by atoms with E-state index in [2.05, 4.69) is 0 Å². The van der Waals surface area contributed by atoms with Crippen molar-refractivity contribution in [1.29, 1.82) is 0 Å². The zero-order valence-corrected chi connectivity index (χ0v) is 11.7. The Morgan fingerprint density at radius 3 is 2.45 bits per heavy atom. The summed E-state index contributed by atoms with van der Waals surface area (Å²) in [4.78, 5) is 10.9. The summed E-state index contributed by atoms with van der Waals surface area (Å²) in [5.41, 5.74) is 0. The highest BCUT2D eigenvalue weighted by Crippen LogP contribution is 2.26. The van der Waals surface area contributed by atoms with Crippen LogP contribution in [0.1, 0.15) is 0 Å². The van der Waals surface area contributed by atoms with Crippen LogP contribution >= 0.6 is 11.3 Å². The summed E-state index contributed by atoms with van der Waals surface area (Å²) in [6, 6.07) is 11.8. The molecule has 0 bridgehead atoms. The van der Waals surface area contributed by atoms with Gasteiger partial charge in [-0.1, -0.05) is 47.7 Å². The number of rotatable bonds is 2. The summed E-state index contributed by atoms with van der Waals surface area (Å²) in [6.07, 6.45) is 0. The Hall–Kier alpha value is -2.12. The predicted molar refractivity (Wildman–Crippen MR) is 76.8 cm³/mol. The monoisotopic (exact) mass is 307 g/mol. The summed E-state index contributed by atoms with van der Waals surface area (Å²) in [7, 11) is -4.12. The lowest BCUT2D eigenvalue weighted by atomic mass is 10.1. The number of fused-ring (bicyclic) bond motifs is 1. The molecule has 0 aliphatic carbocycles. The van der Waals surface area contributed by atoms with Crippen molar-refractivity contribution < 1.29 is 13.5 Å². The van der Waals surface area contributed by atoms with Gasteiger partial charge >= 0.3 is 4.87 Å². The molecule has 3 rings (SSSR count). The minimum absolute atomic E-state index is 0.00796. The van der Waals surface area contributed by atoms with Crippen LogP contribution in [-0.4, -0.2) is 17.5 Å². The van der Waals surface area contributed by atoms with Crippen LogP contribution in [0.2, 0.25) is 0 Å². The summed E-state index contributed by atoms with van der Waals surface area (Å²) in [6.45, 7) is 0. The third-order valence-electron chi connectivity index (χ3n) is 2.91. The molecule has 0 unspecified atom stereocenters. The average molecular weight is 307 g/mol. The second-order valence-electron chi connectivity index (χ2n) is 4.11. The van der Waals surface area contributed by atoms with Gasteiger partial charge in [-0.05, 0) is 11.5 Å². The molecule has 102 valence electrons. The maximum atomic E-state index is 12.6. The second kappa shape index (κ2) is 4.46. The van der Waals surface area contributed by atoms with Crippen molar-refractivity contribution in [3.05, 3.63) is 57.5 Å². The molecule has 1 heterocycles. The summed E-state index contributed by atoms with van der Waals surface area (Å²) in [5, 5.41) is 12.0. The standard InChI is InChI=1S/C13H9NO4S2/c15-12-8-19-13(16)14(12)20(17,18)11-7-3-5-9-4-1-2-6-10(9)11/h1-8,15H. The first-order valence-electron chi connectivity index (χ1n) is 5.64. The highest BCUT2D eigenvalue weighted by molar-refractivity contribution is 7.90. The molecule has 0 radical (unpaired) electrons. The van der Waals surface area contributed by atoms with E-state index >= 15 is 0 Å². The van der Waals surface area contributed by atoms with Gasteiger partial charge in [-0.25, -0.2) is 8.42 Å². The Bertz CT molecular complexity index is 948. The van der Waals surface area contributed by atoms with Gasteiger partial charge in [0.05, 0.1) is 10.3 Å². The SMILES string of the molecule is O=c1scc(O)n1S(=O)(=O)c1cccc2ccccc12. The van der Waals surface area contributed by atoms with Crippen LogP contribution < -0.4 is 4.87 Å². The van der Waals surface area contributed by atoms with Gasteiger partial charge in [0.1, 0.15) is 0 Å². The van der Waals surface area contributed by atoms with E-state index in [1.165, 1.54) is 6.07 Å². The zero-order valence-electron chi connectivity index (χ0n) is 10.1. The largest absolute Gasteiger partial charge is 0.493 e. The fraction of sp³-hybridized carbons (Fsp3) is 0. The lowest BCUT2D eigenvalue weighted by Crippen LogP contribution is -2.22. The van der Waals surface area contributed by atoms with E-state index in [9.17, 15) is 18.3 Å². The van der Waals surface area contributed by atoms with Crippen LogP contribution in [0.25, 0.3) is 10.8 Å². The van der Waals surface area contributed by atoms with E-state index in [1.807, 2.05) is 0 Å². The van der Waals surface area contributed by atoms with Crippen molar-refractivity contribution >= 4 is 32.1 Å². The molecule has 0 spiro atoms. The predicted octanol–water partition coefficient (Wildman–Crippen LogP) is 2.01. The second-order valence-corrected chi connectivity index (χ2v) is 6.68. The van der Waals surface area contributed by atoms with Crippen LogP contribution in [0.4, 0.5) is 0 Å². The van der Waals surface area contributed by atoms with Gasteiger partial charge in [0, 0.05) is 5.39 Å². The number of aromatic nitrogens is 1. The number of nitrogens with zero attached hydrogens (tertiary/aromatic N) is 1. The van der Waals surface area contributed by atoms with E-state index in [-0.39, 0.29) is 4.90 Å². The van der Waals surface area contributed by atoms with Crippen LogP contribution in [0.15, 0.2) is 57.5 Å². The van der Waals surface area contributed by atoms with Gasteiger partial charge in [0.25, 0.3) is 10.0 Å². The molecule has 0 atom stereocenters.